The summed E-state index contributed by atoms with van der Waals surface area (Å²) in [7, 11) is 4.15. The molecule has 182 valence electrons. The van der Waals surface area contributed by atoms with E-state index in [-0.39, 0.29) is 5.56 Å². The molecule has 0 amide bonds. The third-order valence-corrected chi connectivity index (χ3v) is 6.51. The van der Waals surface area contributed by atoms with Crippen molar-refractivity contribution in [1.29, 1.82) is 0 Å². The number of morpholine rings is 1. The zero-order valence-electron chi connectivity index (χ0n) is 20.4. The van der Waals surface area contributed by atoms with Crippen LogP contribution >= 0.6 is 12.2 Å². The number of aromatic amines is 1. The first-order valence-electron chi connectivity index (χ1n) is 12.1. The third-order valence-electron chi connectivity index (χ3n) is 6.11. The second kappa shape index (κ2) is 13.0. The minimum absolute atomic E-state index is 0.0414. The maximum Gasteiger partial charge on any atom is 0.253 e. The summed E-state index contributed by atoms with van der Waals surface area (Å²) in [5.41, 5.74) is 2.85. The van der Waals surface area contributed by atoms with Gasteiger partial charge in [0.2, 0.25) is 0 Å². The Morgan fingerprint density at radius 2 is 1.97 bits per heavy atom. The number of hydrogen-bond acceptors (Lipinski definition) is 5. The molecule has 2 heterocycles. The number of rotatable bonds is 11. The van der Waals surface area contributed by atoms with Crippen molar-refractivity contribution in [3.8, 4) is 0 Å². The van der Waals surface area contributed by atoms with Crippen molar-refractivity contribution in [1.82, 2.24) is 25.0 Å². The van der Waals surface area contributed by atoms with Crippen molar-refractivity contribution in [3.05, 3.63) is 45.7 Å². The van der Waals surface area contributed by atoms with Crippen molar-refractivity contribution in [3.63, 3.8) is 0 Å². The number of H-pyrrole nitrogens is 1. The molecular weight excluding hydrogens is 434 g/mol. The third kappa shape index (κ3) is 8.07. The van der Waals surface area contributed by atoms with Crippen LogP contribution in [0.4, 0.5) is 0 Å². The molecule has 33 heavy (non-hydrogen) atoms. The number of pyridine rings is 1. The van der Waals surface area contributed by atoms with E-state index in [0.29, 0.717) is 6.54 Å². The van der Waals surface area contributed by atoms with E-state index >= 15 is 0 Å². The predicted molar refractivity (Wildman–Crippen MR) is 140 cm³/mol. The summed E-state index contributed by atoms with van der Waals surface area (Å²) in [4.78, 5) is 22.6. The van der Waals surface area contributed by atoms with Crippen LogP contribution in [-0.2, 0) is 17.7 Å². The van der Waals surface area contributed by atoms with Crippen molar-refractivity contribution in [2.24, 2.45) is 0 Å². The van der Waals surface area contributed by atoms with E-state index in [4.69, 9.17) is 17.0 Å². The lowest BCUT2D eigenvalue weighted by molar-refractivity contribution is 0.0367. The van der Waals surface area contributed by atoms with Gasteiger partial charge in [0.05, 0.1) is 19.8 Å². The van der Waals surface area contributed by atoms with Gasteiger partial charge in [0.25, 0.3) is 5.56 Å². The summed E-state index contributed by atoms with van der Waals surface area (Å²) in [5.74, 6) is 0. The number of nitrogens with zero attached hydrogens (tertiary/aromatic N) is 3. The van der Waals surface area contributed by atoms with Crippen LogP contribution < -0.4 is 10.9 Å². The maximum absolute atomic E-state index is 12.8. The van der Waals surface area contributed by atoms with Crippen LogP contribution in [0.15, 0.2) is 29.1 Å². The second-order valence-electron chi connectivity index (χ2n) is 9.02. The van der Waals surface area contributed by atoms with E-state index in [0.717, 1.165) is 93.3 Å². The van der Waals surface area contributed by atoms with E-state index in [9.17, 15) is 4.79 Å². The Kier molecular flexibility index (Phi) is 10.1. The molecular formula is C25H39N5O2S. The van der Waals surface area contributed by atoms with E-state index in [2.05, 4.69) is 58.2 Å². The summed E-state index contributed by atoms with van der Waals surface area (Å²) >= 11 is 5.76. The maximum atomic E-state index is 12.8. The van der Waals surface area contributed by atoms with Gasteiger partial charge in [0.15, 0.2) is 5.11 Å². The van der Waals surface area contributed by atoms with Gasteiger partial charge < -0.3 is 24.8 Å². The first-order valence-corrected chi connectivity index (χ1v) is 12.5. The van der Waals surface area contributed by atoms with Gasteiger partial charge >= 0.3 is 0 Å². The molecule has 0 spiro atoms. The van der Waals surface area contributed by atoms with Crippen LogP contribution in [0.1, 0.15) is 30.9 Å². The Labute approximate surface area is 203 Å². The number of aryl methyl sites for hydroxylation is 1. The molecule has 0 unspecified atom stereocenters. The highest BCUT2D eigenvalue weighted by Crippen LogP contribution is 2.15. The van der Waals surface area contributed by atoms with E-state index < -0.39 is 0 Å². The number of hydrogen-bond donors (Lipinski definition) is 2. The van der Waals surface area contributed by atoms with E-state index in [1.54, 1.807) is 0 Å². The monoisotopic (exact) mass is 473 g/mol. The molecule has 0 saturated carbocycles. The number of nitrogens with one attached hydrogen (secondary N) is 2. The van der Waals surface area contributed by atoms with Crippen molar-refractivity contribution < 1.29 is 4.74 Å². The van der Waals surface area contributed by atoms with Crippen LogP contribution in [0.25, 0.3) is 10.9 Å². The van der Waals surface area contributed by atoms with Crippen molar-refractivity contribution >= 4 is 28.2 Å². The number of ether oxygens (including phenoxy) is 1. The Balaban J connectivity index is 1.69. The summed E-state index contributed by atoms with van der Waals surface area (Å²) in [6, 6.07) is 8.26. The summed E-state index contributed by atoms with van der Waals surface area (Å²) < 4.78 is 5.46. The fourth-order valence-corrected chi connectivity index (χ4v) is 4.37. The summed E-state index contributed by atoms with van der Waals surface area (Å²) in [6.45, 7) is 9.88. The Morgan fingerprint density at radius 3 is 2.70 bits per heavy atom. The highest BCUT2D eigenvalue weighted by molar-refractivity contribution is 7.80. The first kappa shape index (κ1) is 25.6. The number of benzene rings is 1. The lowest BCUT2D eigenvalue weighted by atomic mass is 10.1. The molecule has 0 atom stereocenters. The summed E-state index contributed by atoms with van der Waals surface area (Å²) in [5, 5.41) is 5.20. The molecule has 1 aromatic carbocycles. The molecule has 3 rings (SSSR count). The van der Waals surface area contributed by atoms with Crippen LogP contribution in [0.5, 0.6) is 0 Å². The minimum Gasteiger partial charge on any atom is -0.379 e. The highest BCUT2D eigenvalue weighted by Gasteiger charge is 2.15. The molecule has 0 bridgehead atoms. The summed E-state index contributed by atoms with van der Waals surface area (Å²) in [6.07, 6.45) is 2.98. The van der Waals surface area contributed by atoms with E-state index in [1.165, 1.54) is 5.56 Å². The van der Waals surface area contributed by atoms with Gasteiger partial charge in [-0.05, 0) is 81.3 Å². The zero-order chi connectivity index (χ0) is 23.6. The SMILES string of the molecule is CCc1ccc2[nH]c(=O)c(CN(CCCN3CCOCC3)C(=S)NCCCN(C)C)cc2c1. The van der Waals surface area contributed by atoms with Gasteiger partial charge in [-0.25, -0.2) is 0 Å². The fourth-order valence-electron chi connectivity index (χ4n) is 4.11. The lowest BCUT2D eigenvalue weighted by Crippen LogP contribution is -2.43. The van der Waals surface area contributed by atoms with Gasteiger partial charge in [0, 0.05) is 43.8 Å². The highest BCUT2D eigenvalue weighted by atomic mass is 32.1. The van der Waals surface area contributed by atoms with Crippen LogP contribution in [-0.4, -0.2) is 91.4 Å². The molecule has 0 aliphatic carbocycles. The average Bonchev–Trinajstić information content (AvgIpc) is 2.81. The molecule has 1 aliphatic rings. The standard InChI is InChI=1S/C25H39N5O2S/c1-4-20-7-8-23-21(17-20)18-22(24(31)27-23)19-30(25(33)26-9-5-10-28(2)3)12-6-11-29-13-15-32-16-14-29/h7-8,17-18H,4-6,9-16,19H2,1-3H3,(H,26,33)(H,27,31). The molecule has 1 saturated heterocycles. The molecule has 2 aromatic rings. The van der Waals surface area contributed by atoms with Gasteiger partial charge in [-0.3, -0.25) is 9.69 Å². The normalized spacial score (nSPS) is 14.7. The molecule has 2 N–H and O–H groups in total. The quantitative estimate of drug-likeness (QED) is 0.384. The van der Waals surface area contributed by atoms with E-state index in [1.807, 2.05) is 12.1 Å². The van der Waals surface area contributed by atoms with Crippen LogP contribution in [0.2, 0.25) is 0 Å². The number of aromatic nitrogens is 1. The molecule has 1 aromatic heterocycles. The first-order chi connectivity index (χ1) is 16.0. The Hall–Kier alpha value is -2.00. The van der Waals surface area contributed by atoms with Crippen molar-refractivity contribution in [2.75, 3.05) is 66.6 Å². The Morgan fingerprint density at radius 1 is 1.18 bits per heavy atom. The number of fused-ring (bicyclic) bond motifs is 1. The molecule has 1 fully saturated rings. The smallest absolute Gasteiger partial charge is 0.253 e. The van der Waals surface area contributed by atoms with Gasteiger partial charge in [0.1, 0.15) is 0 Å². The van der Waals surface area contributed by atoms with Gasteiger partial charge in [-0.1, -0.05) is 13.0 Å². The molecule has 0 radical (unpaired) electrons. The molecule has 1 aliphatic heterocycles. The topological polar surface area (TPSA) is 63.8 Å². The predicted octanol–water partition coefficient (Wildman–Crippen LogP) is 2.44. The fraction of sp³-hybridized carbons (Fsp3) is 0.600. The molecule has 7 nitrogen and oxygen atoms in total. The van der Waals surface area contributed by atoms with Crippen molar-refractivity contribution in [2.45, 2.75) is 32.7 Å². The van der Waals surface area contributed by atoms with Crippen LogP contribution in [0, 0.1) is 0 Å². The lowest BCUT2D eigenvalue weighted by Gasteiger charge is -2.29. The minimum atomic E-state index is -0.0414. The molecule has 8 heteroatoms. The zero-order valence-corrected chi connectivity index (χ0v) is 21.2. The number of thiocarbonyl (C=S) groups is 1. The van der Waals surface area contributed by atoms with Gasteiger partial charge in [-0.2, -0.15) is 0 Å². The largest absolute Gasteiger partial charge is 0.379 e. The van der Waals surface area contributed by atoms with Gasteiger partial charge in [-0.15, -0.1) is 0 Å². The second-order valence-corrected chi connectivity index (χ2v) is 9.40. The average molecular weight is 474 g/mol. The Bertz CT molecular complexity index is 955. The van der Waals surface area contributed by atoms with Crippen LogP contribution in [0.3, 0.4) is 0 Å².